The van der Waals surface area contributed by atoms with E-state index in [0.29, 0.717) is 22.5 Å². The van der Waals surface area contributed by atoms with Gasteiger partial charge in [-0.05, 0) is 61.9 Å². The van der Waals surface area contributed by atoms with E-state index in [0.717, 1.165) is 4.90 Å². The molecule has 0 radical (unpaired) electrons. The van der Waals surface area contributed by atoms with Crippen LogP contribution in [0.5, 0.6) is 0 Å². The van der Waals surface area contributed by atoms with Crippen LogP contribution < -0.4 is 15.6 Å². The zero-order valence-corrected chi connectivity index (χ0v) is 19.6. The lowest BCUT2D eigenvalue weighted by Gasteiger charge is -2.26. The Labute approximate surface area is 204 Å². The Bertz CT molecular complexity index is 1380. The number of hydrogen-bond donors (Lipinski definition) is 2. The Morgan fingerprint density at radius 1 is 0.971 bits per heavy atom. The minimum absolute atomic E-state index is 0.153. The van der Waals surface area contributed by atoms with Crippen LogP contribution in [0.15, 0.2) is 60.2 Å². The third kappa shape index (κ3) is 4.33. The SMILES string of the molecule is Cc1cc(/C=C2\C(=O)NC(=O)N(c3ccc(Cl)c(Cl)c3)C2=O)c(C)n1NC(=O)c1ccccc1. The van der Waals surface area contributed by atoms with Crippen molar-refractivity contribution >= 4 is 58.7 Å². The van der Waals surface area contributed by atoms with Crippen molar-refractivity contribution in [3.05, 3.63) is 92.7 Å². The highest BCUT2D eigenvalue weighted by atomic mass is 35.5. The summed E-state index contributed by atoms with van der Waals surface area (Å²) in [7, 11) is 0. The van der Waals surface area contributed by atoms with Gasteiger partial charge in [-0.25, -0.2) is 9.69 Å². The molecule has 2 aromatic carbocycles. The average Bonchev–Trinajstić information content (AvgIpc) is 3.06. The van der Waals surface area contributed by atoms with E-state index < -0.39 is 17.8 Å². The van der Waals surface area contributed by atoms with E-state index >= 15 is 0 Å². The molecule has 2 heterocycles. The summed E-state index contributed by atoms with van der Waals surface area (Å²) < 4.78 is 1.56. The van der Waals surface area contributed by atoms with E-state index in [2.05, 4.69) is 10.7 Å². The predicted molar refractivity (Wildman–Crippen MR) is 130 cm³/mol. The topological polar surface area (TPSA) is 101 Å². The summed E-state index contributed by atoms with van der Waals surface area (Å²) in [6.45, 7) is 3.51. The van der Waals surface area contributed by atoms with Gasteiger partial charge in [0.15, 0.2) is 0 Å². The maximum atomic E-state index is 13.1. The monoisotopic (exact) mass is 496 g/mol. The van der Waals surface area contributed by atoms with Crippen LogP contribution in [0.1, 0.15) is 27.3 Å². The van der Waals surface area contributed by atoms with Crippen molar-refractivity contribution in [3.63, 3.8) is 0 Å². The molecule has 3 aromatic rings. The summed E-state index contributed by atoms with van der Waals surface area (Å²) in [5.41, 5.74) is 4.98. The molecule has 1 aromatic heterocycles. The molecular weight excluding hydrogens is 479 g/mol. The number of benzene rings is 2. The lowest BCUT2D eigenvalue weighted by Crippen LogP contribution is -2.54. The van der Waals surface area contributed by atoms with Crippen LogP contribution in [0.4, 0.5) is 10.5 Å². The van der Waals surface area contributed by atoms with Crippen molar-refractivity contribution in [1.29, 1.82) is 0 Å². The number of carbonyl (C=O) groups is 4. The molecule has 2 N–H and O–H groups in total. The van der Waals surface area contributed by atoms with E-state index in [1.807, 2.05) is 6.07 Å². The maximum absolute atomic E-state index is 13.1. The van der Waals surface area contributed by atoms with Crippen molar-refractivity contribution in [1.82, 2.24) is 9.99 Å². The Hall–Kier alpha value is -3.88. The van der Waals surface area contributed by atoms with Crippen molar-refractivity contribution in [3.8, 4) is 0 Å². The molecule has 34 heavy (non-hydrogen) atoms. The van der Waals surface area contributed by atoms with Gasteiger partial charge in [-0.2, -0.15) is 0 Å². The van der Waals surface area contributed by atoms with Crippen molar-refractivity contribution in [2.75, 3.05) is 10.3 Å². The van der Waals surface area contributed by atoms with Gasteiger partial charge in [0.25, 0.3) is 17.7 Å². The molecule has 5 amide bonds. The largest absolute Gasteiger partial charge is 0.335 e. The standard InChI is InChI=1S/C24H18Cl2N4O4/c1-13-10-16(14(2)30(13)28-21(31)15-6-4-3-5-7-15)11-18-22(32)27-24(34)29(23(18)33)17-8-9-19(25)20(26)12-17/h3-12H,1-2H3,(H,28,31)(H,27,32,34)/b18-11+. The van der Waals surface area contributed by atoms with Gasteiger partial charge >= 0.3 is 6.03 Å². The van der Waals surface area contributed by atoms with Crippen LogP contribution in [0.2, 0.25) is 10.0 Å². The molecule has 1 saturated heterocycles. The number of nitrogens with zero attached hydrogens (tertiary/aromatic N) is 2. The molecule has 0 aliphatic carbocycles. The number of aromatic nitrogens is 1. The number of imide groups is 2. The molecule has 0 saturated carbocycles. The maximum Gasteiger partial charge on any atom is 0.335 e. The molecule has 4 rings (SSSR count). The summed E-state index contributed by atoms with van der Waals surface area (Å²) >= 11 is 12.0. The molecule has 0 unspecified atom stereocenters. The van der Waals surface area contributed by atoms with E-state index in [4.69, 9.17) is 23.2 Å². The fraction of sp³-hybridized carbons (Fsp3) is 0.0833. The van der Waals surface area contributed by atoms with E-state index in [-0.39, 0.29) is 27.2 Å². The smallest absolute Gasteiger partial charge is 0.273 e. The molecule has 1 aliphatic rings. The summed E-state index contributed by atoms with van der Waals surface area (Å²) in [5, 5.41) is 2.57. The lowest BCUT2D eigenvalue weighted by molar-refractivity contribution is -0.122. The van der Waals surface area contributed by atoms with Gasteiger partial charge < -0.3 is 0 Å². The van der Waals surface area contributed by atoms with Gasteiger partial charge in [-0.3, -0.25) is 29.8 Å². The number of hydrogen-bond acceptors (Lipinski definition) is 4. The Morgan fingerprint density at radius 2 is 1.68 bits per heavy atom. The first-order valence-electron chi connectivity index (χ1n) is 10.1. The number of amides is 5. The van der Waals surface area contributed by atoms with Gasteiger partial charge in [0.1, 0.15) is 5.57 Å². The second kappa shape index (κ2) is 9.17. The molecule has 0 atom stereocenters. The van der Waals surface area contributed by atoms with Gasteiger partial charge in [0, 0.05) is 17.0 Å². The van der Waals surface area contributed by atoms with Crippen LogP contribution in [0.25, 0.3) is 6.08 Å². The Balaban J connectivity index is 1.67. The summed E-state index contributed by atoms with van der Waals surface area (Å²) in [4.78, 5) is 51.4. The number of aryl methyl sites for hydroxylation is 1. The summed E-state index contributed by atoms with van der Waals surface area (Å²) in [6, 6.07) is 13.8. The minimum atomic E-state index is -0.897. The summed E-state index contributed by atoms with van der Waals surface area (Å²) in [6.07, 6.45) is 1.38. The fourth-order valence-corrected chi connectivity index (χ4v) is 3.83. The van der Waals surface area contributed by atoms with E-state index in [1.54, 1.807) is 48.9 Å². The molecule has 1 aliphatic heterocycles. The molecule has 10 heteroatoms. The van der Waals surface area contributed by atoms with Crippen LogP contribution in [0.3, 0.4) is 0 Å². The first kappa shape index (κ1) is 23.3. The average molecular weight is 497 g/mol. The zero-order chi connectivity index (χ0) is 24.6. The Morgan fingerprint density at radius 3 is 2.35 bits per heavy atom. The number of urea groups is 1. The Kier molecular flexibility index (Phi) is 6.28. The molecule has 1 fully saturated rings. The number of rotatable bonds is 4. The molecule has 0 bridgehead atoms. The van der Waals surface area contributed by atoms with E-state index in [9.17, 15) is 19.2 Å². The van der Waals surface area contributed by atoms with Crippen molar-refractivity contribution < 1.29 is 19.2 Å². The quantitative estimate of drug-likeness (QED) is 0.411. The zero-order valence-electron chi connectivity index (χ0n) is 18.1. The second-order valence-electron chi connectivity index (χ2n) is 7.53. The predicted octanol–water partition coefficient (Wildman–Crippen LogP) is 4.46. The highest BCUT2D eigenvalue weighted by Crippen LogP contribution is 2.29. The third-order valence-corrected chi connectivity index (χ3v) is 6.02. The van der Waals surface area contributed by atoms with E-state index in [1.165, 1.54) is 24.3 Å². The van der Waals surface area contributed by atoms with Crippen molar-refractivity contribution in [2.24, 2.45) is 0 Å². The summed E-state index contributed by atoms with van der Waals surface area (Å²) in [5.74, 6) is -1.96. The number of carbonyl (C=O) groups excluding carboxylic acids is 4. The van der Waals surface area contributed by atoms with Crippen molar-refractivity contribution in [2.45, 2.75) is 13.8 Å². The van der Waals surface area contributed by atoms with Gasteiger partial charge in [0.2, 0.25) is 0 Å². The highest BCUT2D eigenvalue weighted by Gasteiger charge is 2.37. The molecule has 172 valence electrons. The normalized spacial score (nSPS) is 15.0. The number of halogens is 2. The number of nitrogens with one attached hydrogen (secondary N) is 2. The molecule has 8 nitrogen and oxygen atoms in total. The first-order chi connectivity index (χ1) is 16.2. The van der Waals surface area contributed by atoms with Gasteiger partial charge in [0.05, 0.1) is 15.7 Å². The second-order valence-corrected chi connectivity index (χ2v) is 8.34. The van der Waals surface area contributed by atoms with Crippen LogP contribution in [0, 0.1) is 13.8 Å². The van der Waals surface area contributed by atoms with Gasteiger partial charge in [-0.15, -0.1) is 0 Å². The number of barbiturate groups is 1. The van der Waals surface area contributed by atoms with Crippen LogP contribution >= 0.6 is 23.2 Å². The van der Waals surface area contributed by atoms with Crippen LogP contribution in [-0.2, 0) is 9.59 Å². The number of anilines is 1. The lowest BCUT2D eigenvalue weighted by atomic mass is 10.1. The van der Waals surface area contributed by atoms with Crippen LogP contribution in [-0.4, -0.2) is 28.4 Å². The first-order valence-corrected chi connectivity index (χ1v) is 10.8. The fourth-order valence-electron chi connectivity index (χ4n) is 3.53. The molecular formula is C24H18Cl2N4O4. The minimum Gasteiger partial charge on any atom is -0.273 e. The highest BCUT2D eigenvalue weighted by molar-refractivity contribution is 6.43. The third-order valence-electron chi connectivity index (χ3n) is 5.28. The molecule has 0 spiro atoms. The van der Waals surface area contributed by atoms with Gasteiger partial charge in [-0.1, -0.05) is 41.4 Å².